The van der Waals surface area contributed by atoms with Crippen LogP contribution in [0.1, 0.15) is 25.8 Å². The van der Waals surface area contributed by atoms with Gasteiger partial charge in [0, 0.05) is 0 Å². The number of aryl methyl sites for hydroxylation is 1. The molecular formula is C17H27BrO3Si. The Bertz CT molecular complexity index is 469. The van der Waals surface area contributed by atoms with Crippen LogP contribution in [0.4, 0.5) is 0 Å². The average Bonchev–Trinajstić information content (AvgIpc) is 2.43. The number of halogens is 1. The highest BCUT2D eigenvalue weighted by Gasteiger charge is 2.42. The number of hydrogen-bond acceptors (Lipinski definition) is 3. The molecule has 0 spiro atoms. The Balaban J connectivity index is 2.85. The molecule has 0 aliphatic heterocycles. The summed E-state index contributed by atoms with van der Waals surface area (Å²) >= 11 is 3.56. The van der Waals surface area contributed by atoms with E-state index in [4.69, 9.17) is 9.16 Å². The number of hydrogen-bond donors (Lipinski definition) is 0. The summed E-state index contributed by atoms with van der Waals surface area (Å²) in [5, 5.41) is 0. The fourth-order valence-corrected chi connectivity index (χ4v) is 4.03. The van der Waals surface area contributed by atoms with Gasteiger partial charge in [0.25, 0.3) is 0 Å². The Morgan fingerprint density at radius 1 is 1.27 bits per heavy atom. The summed E-state index contributed by atoms with van der Waals surface area (Å²) in [7, 11) is -1.77. The highest BCUT2D eigenvalue weighted by molar-refractivity contribution is 9.10. The number of rotatable bonds is 8. The van der Waals surface area contributed by atoms with Gasteiger partial charge in [-0.3, -0.25) is 4.79 Å². The maximum absolute atomic E-state index is 12.3. The molecule has 5 heteroatoms. The molecule has 22 heavy (non-hydrogen) atoms. The van der Waals surface area contributed by atoms with Crippen molar-refractivity contribution in [2.45, 2.75) is 56.8 Å². The summed E-state index contributed by atoms with van der Waals surface area (Å²) in [6.07, 6.45) is 1.43. The van der Waals surface area contributed by atoms with Crippen molar-refractivity contribution in [2.24, 2.45) is 0 Å². The number of alkyl halides is 1. The van der Waals surface area contributed by atoms with E-state index in [1.54, 1.807) is 0 Å². The maximum Gasteiger partial charge on any atom is 0.325 e. The molecule has 0 saturated carbocycles. The minimum atomic E-state index is -1.77. The van der Waals surface area contributed by atoms with Crippen LogP contribution < -0.4 is 0 Å². The predicted octanol–water partition coefficient (Wildman–Crippen LogP) is 4.56. The van der Waals surface area contributed by atoms with E-state index in [1.165, 1.54) is 5.56 Å². The van der Waals surface area contributed by atoms with Crippen molar-refractivity contribution in [1.29, 1.82) is 0 Å². The molecule has 0 amide bonds. The molecule has 0 heterocycles. The molecule has 1 aromatic rings. The first-order valence-electron chi connectivity index (χ1n) is 7.74. The molecule has 0 saturated heterocycles. The van der Waals surface area contributed by atoms with Crippen LogP contribution in [0.5, 0.6) is 0 Å². The van der Waals surface area contributed by atoms with Gasteiger partial charge in [-0.1, -0.05) is 46.3 Å². The monoisotopic (exact) mass is 386 g/mol. The SMILES string of the molecule is CCOC(=O)[C@@](C)(Br)[C@@H](CCc1ccccc1)O[Si](C)(C)C. The van der Waals surface area contributed by atoms with E-state index in [2.05, 4.69) is 47.7 Å². The Kier molecular flexibility index (Phi) is 7.29. The lowest BCUT2D eigenvalue weighted by molar-refractivity contribution is -0.148. The molecule has 1 aromatic carbocycles. The van der Waals surface area contributed by atoms with Gasteiger partial charge in [0.05, 0.1) is 12.7 Å². The van der Waals surface area contributed by atoms with Gasteiger partial charge in [-0.2, -0.15) is 0 Å². The zero-order valence-corrected chi connectivity index (χ0v) is 16.8. The van der Waals surface area contributed by atoms with Crippen molar-refractivity contribution in [1.82, 2.24) is 0 Å². The summed E-state index contributed by atoms with van der Waals surface area (Å²) in [5.41, 5.74) is 1.25. The minimum absolute atomic E-state index is 0.210. The van der Waals surface area contributed by atoms with Gasteiger partial charge in [0.15, 0.2) is 8.32 Å². The van der Waals surface area contributed by atoms with Crippen LogP contribution >= 0.6 is 15.9 Å². The number of carbonyl (C=O) groups excluding carboxylic acids is 1. The summed E-state index contributed by atoms with van der Waals surface area (Å²) in [6, 6.07) is 10.3. The highest BCUT2D eigenvalue weighted by atomic mass is 79.9. The van der Waals surface area contributed by atoms with E-state index >= 15 is 0 Å². The van der Waals surface area contributed by atoms with Crippen LogP contribution in [0.25, 0.3) is 0 Å². The predicted molar refractivity (Wildman–Crippen MR) is 96.9 cm³/mol. The second kappa shape index (κ2) is 8.27. The van der Waals surface area contributed by atoms with Crippen LogP contribution in [-0.4, -0.2) is 31.3 Å². The number of esters is 1. The summed E-state index contributed by atoms with van der Waals surface area (Å²) in [4.78, 5) is 12.3. The molecule has 0 bridgehead atoms. The van der Waals surface area contributed by atoms with E-state index in [-0.39, 0.29) is 12.1 Å². The highest BCUT2D eigenvalue weighted by Crippen LogP contribution is 2.31. The fourth-order valence-electron chi connectivity index (χ4n) is 2.21. The first kappa shape index (κ1) is 19.4. The summed E-state index contributed by atoms with van der Waals surface area (Å²) in [5.74, 6) is -0.258. The first-order valence-corrected chi connectivity index (χ1v) is 11.9. The molecule has 1 rings (SSSR count). The molecule has 0 aromatic heterocycles. The van der Waals surface area contributed by atoms with Crippen LogP contribution in [0.2, 0.25) is 19.6 Å². The molecule has 0 unspecified atom stereocenters. The van der Waals surface area contributed by atoms with Gasteiger partial charge >= 0.3 is 5.97 Å². The summed E-state index contributed by atoms with van der Waals surface area (Å²) in [6.45, 7) is 10.4. The van der Waals surface area contributed by atoms with Gasteiger partial charge in [0.2, 0.25) is 0 Å². The zero-order chi connectivity index (χ0) is 16.8. The smallest absolute Gasteiger partial charge is 0.325 e. The van der Waals surface area contributed by atoms with Crippen molar-refractivity contribution in [3.8, 4) is 0 Å². The molecule has 0 radical (unpaired) electrons. The normalized spacial score (nSPS) is 15.9. The van der Waals surface area contributed by atoms with Gasteiger partial charge < -0.3 is 9.16 Å². The van der Waals surface area contributed by atoms with Gasteiger partial charge in [-0.15, -0.1) is 0 Å². The second-order valence-electron chi connectivity index (χ2n) is 6.54. The molecule has 3 nitrogen and oxygen atoms in total. The Morgan fingerprint density at radius 3 is 2.36 bits per heavy atom. The van der Waals surface area contributed by atoms with Gasteiger partial charge in [-0.05, 0) is 51.9 Å². The van der Waals surface area contributed by atoms with E-state index in [0.29, 0.717) is 6.61 Å². The molecule has 0 aliphatic rings. The van der Waals surface area contributed by atoms with E-state index in [9.17, 15) is 4.79 Å². The molecule has 0 fully saturated rings. The number of carbonyl (C=O) groups is 1. The lowest BCUT2D eigenvalue weighted by atomic mass is 9.97. The van der Waals surface area contributed by atoms with Crippen LogP contribution in [-0.2, 0) is 20.4 Å². The second-order valence-corrected chi connectivity index (χ2v) is 12.6. The lowest BCUT2D eigenvalue weighted by Crippen LogP contribution is -2.48. The fraction of sp³-hybridized carbons (Fsp3) is 0.588. The zero-order valence-electron chi connectivity index (χ0n) is 14.2. The minimum Gasteiger partial charge on any atom is -0.465 e. The molecule has 2 atom stereocenters. The Labute approximate surface area is 143 Å². The lowest BCUT2D eigenvalue weighted by Gasteiger charge is -2.35. The third kappa shape index (κ3) is 6.22. The topological polar surface area (TPSA) is 35.5 Å². The van der Waals surface area contributed by atoms with Gasteiger partial charge in [0.1, 0.15) is 4.32 Å². The van der Waals surface area contributed by atoms with Crippen molar-refractivity contribution in [3.05, 3.63) is 35.9 Å². The van der Waals surface area contributed by atoms with Crippen molar-refractivity contribution >= 4 is 30.2 Å². The van der Waals surface area contributed by atoms with Gasteiger partial charge in [-0.25, -0.2) is 0 Å². The van der Waals surface area contributed by atoms with E-state index < -0.39 is 12.6 Å². The largest absolute Gasteiger partial charge is 0.465 e. The molecular weight excluding hydrogens is 360 g/mol. The standard InChI is InChI=1S/C17H27BrO3Si/c1-6-20-16(19)17(2,18)15(21-22(3,4)5)13-12-14-10-8-7-9-11-14/h7-11,15H,6,12-13H2,1-5H3/t15-,17+/m1/s1. The quantitative estimate of drug-likeness (QED) is 0.373. The van der Waals surface area contributed by atoms with Crippen LogP contribution in [0.3, 0.4) is 0 Å². The van der Waals surface area contributed by atoms with Crippen molar-refractivity contribution in [2.75, 3.05) is 6.61 Å². The van der Waals surface area contributed by atoms with Crippen molar-refractivity contribution in [3.63, 3.8) is 0 Å². The first-order chi connectivity index (χ1) is 10.2. The molecule has 0 aliphatic carbocycles. The van der Waals surface area contributed by atoms with Crippen LogP contribution in [0.15, 0.2) is 30.3 Å². The number of benzene rings is 1. The molecule has 124 valence electrons. The Hall–Kier alpha value is -0.653. The maximum atomic E-state index is 12.3. The third-order valence-electron chi connectivity index (χ3n) is 3.31. The average molecular weight is 387 g/mol. The summed E-state index contributed by atoms with van der Waals surface area (Å²) < 4.78 is 10.7. The van der Waals surface area contributed by atoms with Crippen molar-refractivity contribution < 1.29 is 14.0 Å². The molecule has 0 N–H and O–H groups in total. The van der Waals surface area contributed by atoms with E-state index in [1.807, 2.05) is 32.0 Å². The number of ether oxygens (including phenoxy) is 1. The van der Waals surface area contributed by atoms with Crippen LogP contribution in [0, 0.1) is 0 Å². The Morgan fingerprint density at radius 2 is 1.86 bits per heavy atom. The van der Waals surface area contributed by atoms with E-state index in [0.717, 1.165) is 12.8 Å². The third-order valence-corrected chi connectivity index (χ3v) is 5.14.